The molecule has 1 N–H and O–H groups in total. The number of aromatic nitrogens is 2. The van der Waals surface area contributed by atoms with Gasteiger partial charge in [0.1, 0.15) is 0 Å². The van der Waals surface area contributed by atoms with E-state index in [0.29, 0.717) is 0 Å². The van der Waals surface area contributed by atoms with Crippen LogP contribution in [0.25, 0.3) is 5.69 Å². The van der Waals surface area contributed by atoms with Crippen LogP contribution in [-0.4, -0.2) is 9.55 Å². The molecule has 106 valence electrons. The minimum atomic E-state index is 0.264. The van der Waals surface area contributed by atoms with E-state index in [9.17, 15) is 0 Å². The van der Waals surface area contributed by atoms with Crippen molar-refractivity contribution in [2.24, 2.45) is 0 Å². The van der Waals surface area contributed by atoms with Crippen LogP contribution in [0.3, 0.4) is 0 Å². The number of nitrogens with one attached hydrogen (secondary N) is 1. The molecular weight excluding hydrogens is 373 g/mol. The second kappa shape index (κ2) is 6.30. The zero-order chi connectivity index (χ0) is 14.7. The fourth-order valence-corrected chi connectivity index (χ4v) is 2.61. The molecule has 1 atom stereocenters. The maximum atomic E-state index is 4.09. The molecule has 4 heteroatoms. The van der Waals surface area contributed by atoms with Crippen LogP contribution in [0.15, 0.2) is 67.3 Å². The summed E-state index contributed by atoms with van der Waals surface area (Å²) in [7, 11) is 0. The molecule has 1 heterocycles. The highest BCUT2D eigenvalue weighted by Gasteiger charge is 2.06. The lowest BCUT2D eigenvalue weighted by Gasteiger charge is -2.16. The van der Waals surface area contributed by atoms with E-state index >= 15 is 0 Å². The van der Waals surface area contributed by atoms with Crippen molar-refractivity contribution >= 4 is 28.3 Å². The number of benzene rings is 2. The average molecular weight is 389 g/mol. The Labute approximate surface area is 138 Å². The Morgan fingerprint density at radius 2 is 1.95 bits per heavy atom. The molecule has 0 spiro atoms. The summed E-state index contributed by atoms with van der Waals surface area (Å²) in [5, 5.41) is 3.54. The molecule has 0 fully saturated rings. The van der Waals surface area contributed by atoms with Crippen molar-refractivity contribution in [1.82, 2.24) is 9.55 Å². The number of imidazole rings is 1. The second-order valence-electron chi connectivity index (χ2n) is 4.94. The van der Waals surface area contributed by atoms with Crippen molar-refractivity contribution in [2.75, 3.05) is 5.32 Å². The zero-order valence-electron chi connectivity index (χ0n) is 11.7. The summed E-state index contributed by atoms with van der Waals surface area (Å²) < 4.78 is 3.26. The third-order valence-corrected chi connectivity index (χ3v) is 4.12. The van der Waals surface area contributed by atoms with Gasteiger partial charge in [0.25, 0.3) is 0 Å². The highest BCUT2D eigenvalue weighted by molar-refractivity contribution is 14.1. The lowest BCUT2D eigenvalue weighted by molar-refractivity contribution is 0.883. The van der Waals surface area contributed by atoms with Crippen LogP contribution in [0, 0.1) is 3.57 Å². The van der Waals surface area contributed by atoms with Crippen LogP contribution in [0.4, 0.5) is 5.69 Å². The van der Waals surface area contributed by atoms with Crippen LogP contribution >= 0.6 is 22.6 Å². The van der Waals surface area contributed by atoms with Gasteiger partial charge in [-0.2, -0.15) is 0 Å². The van der Waals surface area contributed by atoms with Gasteiger partial charge in [0.15, 0.2) is 0 Å². The number of hydrogen-bond donors (Lipinski definition) is 1. The summed E-state index contributed by atoms with van der Waals surface area (Å²) in [5.74, 6) is 0. The first kappa shape index (κ1) is 14.1. The second-order valence-corrected chi connectivity index (χ2v) is 6.18. The molecule has 0 aliphatic heterocycles. The maximum absolute atomic E-state index is 4.09. The lowest BCUT2D eigenvalue weighted by atomic mass is 10.1. The monoisotopic (exact) mass is 389 g/mol. The molecule has 3 nitrogen and oxygen atoms in total. The van der Waals surface area contributed by atoms with E-state index < -0.39 is 0 Å². The molecule has 1 unspecified atom stereocenters. The Morgan fingerprint density at radius 3 is 2.67 bits per heavy atom. The van der Waals surface area contributed by atoms with E-state index in [4.69, 9.17) is 0 Å². The summed E-state index contributed by atoms with van der Waals surface area (Å²) >= 11 is 2.32. The summed E-state index contributed by atoms with van der Waals surface area (Å²) in [4.78, 5) is 4.09. The fourth-order valence-electron chi connectivity index (χ4n) is 2.25. The van der Waals surface area contributed by atoms with E-state index in [0.717, 1.165) is 11.4 Å². The SMILES string of the molecule is CC(Nc1cccc(-n2ccnc2)c1)c1ccc(I)cc1. The minimum Gasteiger partial charge on any atom is -0.378 e. The van der Waals surface area contributed by atoms with Crippen LogP contribution in [0.2, 0.25) is 0 Å². The normalized spacial score (nSPS) is 12.1. The van der Waals surface area contributed by atoms with Gasteiger partial charge in [-0.05, 0) is 65.4 Å². The van der Waals surface area contributed by atoms with Crippen molar-refractivity contribution in [3.63, 3.8) is 0 Å². The third-order valence-electron chi connectivity index (χ3n) is 3.40. The predicted molar refractivity (Wildman–Crippen MR) is 94.8 cm³/mol. The molecule has 0 saturated heterocycles. The molecule has 0 bridgehead atoms. The van der Waals surface area contributed by atoms with E-state index in [-0.39, 0.29) is 6.04 Å². The Morgan fingerprint density at radius 1 is 1.14 bits per heavy atom. The van der Waals surface area contributed by atoms with Gasteiger partial charge >= 0.3 is 0 Å². The molecular formula is C17H16IN3. The number of halogens is 1. The first-order valence-electron chi connectivity index (χ1n) is 6.83. The molecule has 3 aromatic rings. The smallest absolute Gasteiger partial charge is 0.0991 e. The lowest BCUT2D eigenvalue weighted by Crippen LogP contribution is -2.06. The Hall–Kier alpha value is -1.82. The molecule has 3 rings (SSSR count). The van der Waals surface area contributed by atoms with Crippen LogP contribution in [-0.2, 0) is 0 Å². The number of nitrogens with zero attached hydrogens (tertiary/aromatic N) is 2. The quantitative estimate of drug-likeness (QED) is 0.659. The van der Waals surface area contributed by atoms with Gasteiger partial charge in [-0.1, -0.05) is 18.2 Å². The standard InChI is InChI=1S/C17H16IN3/c1-13(14-5-7-15(18)8-6-14)20-16-3-2-4-17(11-16)21-10-9-19-12-21/h2-13,20H,1H3. The van der Waals surface area contributed by atoms with Gasteiger partial charge < -0.3 is 9.88 Å². The molecule has 0 saturated carbocycles. The van der Waals surface area contributed by atoms with E-state index in [1.54, 1.807) is 6.20 Å². The van der Waals surface area contributed by atoms with Gasteiger partial charge in [-0.3, -0.25) is 0 Å². The average Bonchev–Trinajstić information content (AvgIpc) is 3.02. The van der Waals surface area contributed by atoms with Gasteiger partial charge in [-0.15, -0.1) is 0 Å². The summed E-state index contributed by atoms with van der Waals surface area (Å²) in [6.07, 6.45) is 5.54. The third kappa shape index (κ3) is 3.44. The first-order chi connectivity index (χ1) is 10.2. The van der Waals surface area contributed by atoms with Crippen molar-refractivity contribution in [3.8, 4) is 5.69 Å². The van der Waals surface area contributed by atoms with E-state index in [2.05, 4.69) is 88.3 Å². The van der Waals surface area contributed by atoms with Crippen LogP contribution in [0.1, 0.15) is 18.5 Å². The molecule has 0 amide bonds. The highest BCUT2D eigenvalue weighted by atomic mass is 127. The molecule has 0 radical (unpaired) electrons. The largest absolute Gasteiger partial charge is 0.378 e. The molecule has 0 aliphatic rings. The van der Waals surface area contributed by atoms with Crippen molar-refractivity contribution in [2.45, 2.75) is 13.0 Å². The molecule has 1 aromatic heterocycles. The van der Waals surface area contributed by atoms with Crippen molar-refractivity contribution in [3.05, 3.63) is 76.4 Å². The Balaban J connectivity index is 1.78. The number of anilines is 1. The summed E-state index contributed by atoms with van der Waals surface area (Å²) in [6, 6.07) is 17.2. The molecule has 21 heavy (non-hydrogen) atoms. The fraction of sp³-hybridized carbons (Fsp3) is 0.118. The van der Waals surface area contributed by atoms with E-state index in [1.165, 1.54) is 9.13 Å². The molecule has 2 aromatic carbocycles. The summed E-state index contributed by atoms with van der Waals surface area (Å²) in [6.45, 7) is 2.17. The summed E-state index contributed by atoms with van der Waals surface area (Å²) in [5.41, 5.74) is 3.49. The number of hydrogen-bond acceptors (Lipinski definition) is 2. The predicted octanol–water partition coefficient (Wildman–Crippen LogP) is 4.65. The van der Waals surface area contributed by atoms with Crippen LogP contribution in [0.5, 0.6) is 0 Å². The van der Waals surface area contributed by atoms with Crippen LogP contribution < -0.4 is 5.32 Å². The van der Waals surface area contributed by atoms with Gasteiger partial charge in [0, 0.05) is 33.4 Å². The number of rotatable bonds is 4. The van der Waals surface area contributed by atoms with Crippen molar-refractivity contribution < 1.29 is 0 Å². The van der Waals surface area contributed by atoms with Gasteiger partial charge in [-0.25, -0.2) is 4.98 Å². The Kier molecular flexibility index (Phi) is 4.24. The zero-order valence-corrected chi connectivity index (χ0v) is 13.9. The minimum absolute atomic E-state index is 0.264. The van der Waals surface area contributed by atoms with E-state index in [1.807, 2.05) is 17.1 Å². The van der Waals surface area contributed by atoms with Gasteiger partial charge in [0.2, 0.25) is 0 Å². The maximum Gasteiger partial charge on any atom is 0.0991 e. The van der Waals surface area contributed by atoms with Crippen molar-refractivity contribution in [1.29, 1.82) is 0 Å². The molecule has 0 aliphatic carbocycles. The van der Waals surface area contributed by atoms with Gasteiger partial charge in [0.05, 0.1) is 6.33 Å². The Bertz CT molecular complexity index is 705. The first-order valence-corrected chi connectivity index (χ1v) is 7.90. The topological polar surface area (TPSA) is 29.9 Å². The highest BCUT2D eigenvalue weighted by Crippen LogP contribution is 2.22.